The Morgan fingerprint density at radius 3 is 2.47 bits per heavy atom. The van der Waals surface area contributed by atoms with Crippen LogP contribution in [0.3, 0.4) is 0 Å². The summed E-state index contributed by atoms with van der Waals surface area (Å²) in [7, 11) is -3.65. The van der Waals surface area contributed by atoms with Crippen molar-refractivity contribution in [2.75, 3.05) is 46.1 Å². The van der Waals surface area contributed by atoms with Gasteiger partial charge in [-0.05, 0) is 54.8 Å². The molecule has 34 heavy (non-hydrogen) atoms. The SMILES string of the molecule is O=C([C@@H]1CCCN(S(=O)(=O)c2ccc(Cl)cc2)C1)N1CCN(Cc2ccc3c(c2)OCO3)CC1. The van der Waals surface area contributed by atoms with Gasteiger partial charge in [0.05, 0.1) is 10.8 Å². The van der Waals surface area contributed by atoms with Crippen LogP contribution in [0.2, 0.25) is 5.02 Å². The van der Waals surface area contributed by atoms with Crippen LogP contribution in [0, 0.1) is 5.92 Å². The molecule has 0 aliphatic carbocycles. The molecule has 0 unspecified atom stereocenters. The fourth-order valence-corrected chi connectivity index (χ4v) is 6.45. The summed E-state index contributed by atoms with van der Waals surface area (Å²) >= 11 is 5.90. The Kier molecular flexibility index (Phi) is 6.70. The molecule has 10 heteroatoms. The zero-order chi connectivity index (χ0) is 23.7. The highest BCUT2D eigenvalue weighted by Gasteiger charge is 2.35. The number of sulfonamides is 1. The van der Waals surface area contributed by atoms with E-state index in [1.165, 1.54) is 16.4 Å². The molecule has 8 nitrogen and oxygen atoms in total. The summed E-state index contributed by atoms with van der Waals surface area (Å²) in [5, 5.41) is 0.489. The Hall–Kier alpha value is -2.33. The number of piperazine rings is 1. The van der Waals surface area contributed by atoms with Gasteiger partial charge < -0.3 is 14.4 Å². The van der Waals surface area contributed by atoms with Crippen LogP contribution in [0.5, 0.6) is 11.5 Å². The number of benzene rings is 2. The van der Waals surface area contributed by atoms with E-state index in [4.69, 9.17) is 21.1 Å². The van der Waals surface area contributed by atoms with Gasteiger partial charge in [0.25, 0.3) is 0 Å². The molecule has 3 heterocycles. The van der Waals surface area contributed by atoms with Crippen LogP contribution in [0.1, 0.15) is 18.4 Å². The van der Waals surface area contributed by atoms with Crippen LogP contribution in [0.25, 0.3) is 0 Å². The Labute approximate surface area is 205 Å². The van der Waals surface area contributed by atoms with E-state index < -0.39 is 10.0 Å². The number of fused-ring (bicyclic) bond motifs is 1. The summed E-state index contributed by atoms with van der Waals surface area (Å²) < 4.78 is 38.4. The quantitative estimate of drug-likeness (QED) is 0.621. The second-order valence-corrected chi connectivity index (χ2v) is 11.3. The number of carbonyl (C=O) groups excluding carboxylic acids is 1. The number of halogens is 1. The van der Waals surface area contributed by atoms with Crippen molar-refractivity contribution in [3.8, 4) is 11.5 Å². The van der Waals surface area contributed by atoms with Crippen molar-refractivity contribution >= 4 is 27.5 Å². The van der Waals surface area contributed by atoms with Gasteiger partial charge in [-0.2, -0.15) is 4.31 Å². The van der Waals surface area contributed by atoms with Gasteiger partial charge in [-0.3, -0.25) is 9.69 Å². The Bertz CT molecular complexity index is 1150. The first-order valence-corrected chi connectivity index (χ1v) is 13.4. The number of hydrogen-bond acceptors (Lipinski definition) is 6. The lowest BCUT2D eigenvalue weighted by Gasteiger charge is -2.38. The molecule has 0 saturated carbocycles. The standard InChI is InChI=1S/C24H28ClN3O5S/c25-20-4-6-21(7-5-20)34(30,31)28-9-1-2-19(16-28)24(29)27-12-10-26(11-13-27)15-18-3-8-22-23(14-18)33-17-32-22/h3-8,14,19H,1-2,9-13,15-17H2/t19-/m1/s1. The maximum absolute atomic E-state index is 13.2. The van der Waals surface area contributed by atoms with Crippen LogP contribution in [-0.4, -0.2) is 74.5 Å². The molecule has 5 rings (SSSR count). The van der Waals surface area contributed by atoms with Crippen molar-refractivity contribution in [3.63, 3.8) is 0 Å². The predicted octanol–water partition coefficient (Wildman–Crippen LogP) is 2.81. The van der Waals surface area contributed by atoms with E-state index in [-0.39, 0.29) is 30.1 Å². The van der Waals surface area contributed by atoms with Crippen LogP contribution >= 0.6 is 11.6 Å². The molecule has 0 N–H and O–H groups in total. The summed E-state index contributed by atoms with van der Waals surface area (Å²) in [6.45, 7) is 4.54. The van der Waals surface area contributed by atoms with E-state index >= 15 is 0 Å². The molecule has 182 valence electrons. The zero-order valence-corrected chi connectivity index (χ0v) is 20.4. The average molecular weight is 506 g/mol. The maximum atomic E-state index is 13.2. The molecular weight excluding hydrogens is 478 g/mol. The molecule has 0 spiro atoms. The Balaban J connectivity index is 1.16. The lowest BCUT2D eigenvalue weighted by atomic mass is 9.97. The van der Waals surface area contributed by atoms with Crippen LogP contribution in [0.4, 0.5) is 0 Å². The van der Waals surface area contributed by atoms with E-state index in [0.29, 0.717) is 37.5 Å². The van der Waals surface area contributed by atoms with Crippen molar-refractivity contribution in [2.45, 2.75) is 24.3 Å². The first kappa shape index (κ1) is 23.4. The monoisotopic (exact) mass is 505 g/mol. The zero-order valence-electron chi connectivity index (χ0n) is 18.9. The minimum Gasteiger partial charge on any atom is -0.454 e. The van der Waals surface area contributed by atoms with E-state index in [9.17, 15) is 13.2 Å². The first-order valence-electron chi connectivity index (χ1n) is 11.6. The Morgan fingerprint density at radius 1 is 0.971 bits per heavy atom. The largest absolute Gasteiger partial charge is 0.454 e. The maximum Gasteiger partial charge on any atom is 0.243 e. The lowest BCUT2D eigenvalue weighted by Crippen LogP contribution is -2.52. The molecular formula is C24H28ClN3O5S. The van der Waals surface area contributed by atoms with E-state index in [0.717, 1.165) is 36.7 Å². The third-order valence-corrected chi connectivity index (χ3v) is 8.84. The smallest absolute Gasteiger partial charge is 0.243 e. The van der Waals surface area contributed by atoms with E-state index in [1.54, 1.807) is 12.1 Å². The number of nitrogens with zero attached hydrogens (tertiary/aromatic N) is 3. The van der Waals surface area contributed by atoms with Crippen LogP contribution in [0.15, 0.2) is 47.4 Å². The molecule has 0 bridgehead atoms. The summed E-state index contributed by atoms with van der Waals surface area (Å²) in [5.41, 5.74) is 1.15. The molecule has 0 radical (unpaired) electrons. The highest BCUT2D eigenvalue weighted by molar-refractivity contribution is 7.89. The first-order chi connectivity index (χ1) is 16.4. The molecule has 2 saturated heterocycles. The highest BCUT2D eigenvalue weighted by Crippen LogP contribution is 2.33. The fourth-order valence-electron chi connectivity index (χ4n) is 4.80. The topological polar surface area (TPSA) is 79.4 Å². The number of rotatable bonds is 5. The van der Waals surface area contributed by atoms with Crippen molar-refractivity contribution in [1.82, 2.24) is 14.1 Å². The average Bonchev–Trinajstić information content (AvgIpc) is 3.32. The number of amides is 1. The minimum absolute atomic E-state index is 0.0544. The van der Waals surface area contributed by atoms with Gasteiger partial charge in [0.1, 0.15) is 0 Å². The van der Waals surface area contributed by atoms with Gasteiger partial charge in [-0.25, -0.2) is 8.42 Å². The number of ether oxygens (including phenoxy) is 2. The Morgan fingerprint density at radius 2 is 1.71 bits per heavy atom. The fraction of sp³-hybridized carbons (Fsp3) is 0.458. The van der Waals surface area contributed by atoms with Gasteiger partial charge in [0.15, 0.2) is 11.5 Å². The second kappa shape index (κ2) is 9.73. The van der Waals surface area contributed by atoms with Crippen LogP contribution < -0.4 is 9.47 Å². The van der Waals surface area contributed by atoms with Gasteiger partial charge in [0, 0.05) is 50.8 Å². The van der Waals surface area contributed by atoms with Gasteiger partial charge in [0.2, 0.25) is 22.7 Å². The molecule has 1 atom stereocenters. The lowest BCUT2D eigenvalue weighted by molar-refractivity contribution is -0.138. The van der Waals surface area contributed by atoms with Crippen LogP contribution in [-0.2, 0) is 21.4 Å². The summed E-state index contributed by atoms with van der Waals surface area (Å²) in [6.07, 6.45) is 1.39. The molecule has 2 aromatic carbocycles. The van der Waals surface area contributed by atoms with Gasteiger partial charge in [-0.1, -0.05) is 17.7 Å². The summed E-state index contributed by atoms with van der Waals surface area (Å²) in [5.74, 6) is 1.30. The summed E-state index contributed by atoms with van der Waals surface area (Å²) in [6, 6.07) is 12.2. The van der Waals surface area contributed by atoms with Crippen molar-refractivity contribution in [2.24, 2.45) is 5.92 Å². The number of piperidine rings is 1. The minimum atomic E-state index is -3.65. The molecule has 1 amide bonds. The van der Waals surface area contributed by atoms with Gasteiger partial charge in [-0.15, -0.1) is 0 Å². The number of hydrogen-bond donors (Lipinski definition) is 0. The van der Waals surface area contributed by atoms with Crippen molar-refractivity contribution < 1.29 is 22.7 Å². The van der Waals surface area contributed by atoms with Crippen molar-refractivity contribution in [1.29, 1.82) is 0 Å². The third kappa shape index (κ3) is 4.88. The molecule has 0 aromatic heterocycles. The predicted molar refractivity (Wildman–Crippen MR) is 127 cm³/mol. The normalized spacial score (nSPS) is 21.6. The number of carbonyl (C=O) groups is 1. The highest BCUT2D eigenvalue weighted by atomic mass is 35.5. The molecule has 3 aliphatic heterocycles. The molecule has 3 aliphatic rings. The molecule has 2 fully saturated rings. The van der Waals surface area contributed by atoms with Gasteiger partial charge >= 0.3 is 0 Å². The second-order valence-electron chi connectivity index (χ2n) is 8.95. The third-order valence-electron chi connectivity index (χ3n) is 6.71. The summed E-state index contributed by atoms with van der Waals surface area (Å²) in [4.78, 5) is 17.7. The van der Waals surface area contributed by atoms with E-state index in [2.05, 4.69) is 4.90 Å². The van der Waals surface area contributed by atoms with E-state index in [1.807, 2.05) is 23.1 Å². The molecule has 2 aromatic rings. The van der Waals surface area contributed by atoms with Crippen molar-refractivity contribution in [3.05, 3.63) is 53.1 Å².